The van der Waals surface area contributed by atoms with Crippen LogP contribution >= 0.6 is 11.8 Å². The molecule has 4 nitrogen and oxygen atoms in total. The number of methoxy groups -OCH3 is 1. The van der Waals surface area contributed by atoms with Gasteiger partial charge in [0.25, 0.3) is 0 Å². The van der Waals surface area contributed by atoms with Gasteiger partial charge in [0.15, 0.2) is 0 Å². The molecule has 2 saturated heterocycles. The summed E-state index contributed by atoms with van der Waals surface area (Å²) < 4.78 is 11.5. The summed E-state index contributed by atoms with van der Waals surface area (Å²) in [7, 11) is 1.47. The molecule has 1 saturated carbocycles. The Morgan fingerprint density at radius 2 is 2.05 bits per heavy atom. The fraction of sp³-hybridized carbons (Fsp3) is 0.929. The molecule has 0 amide bonds. The Morgan fingerprint density at radius 1 is 1.32 bits per heavy atom. The normalized spacial score (nSPS) is 40.3. The molecule has 2 aliphatic heterocycles. The lowest BCUT2D eigenvalue weighted by atomic mass is 9.61. The molecular weight excluding hydrogens is 264 g/mol. The highest BCUT2D eigenvalue weighted by molar-refractivity contribution is 7.99. The van der Waals surface area contributed by atoms with E-state index in [1.54, 1.807) is 0 Å². The molecule has 3 rings (SSSR count). The van der Waals surface area contributed by atoms with Crippen LogP contribution in [-0.4, -0.2) is 47.5 Å². The van der Waals surface area contributed by atoms with Crippen LogP contribution in [0.5, 0.6) is 0 Å². The van der Waals surface area contributed by atoms with Crippen molar-refractivity contribution in [2.75, 3.05) is 25.2 Å². The SMILES string of the molecule is COC(=O)[C@@]12CCC[C@@](CO)(C1)OC21CCSCC1. The van der Waals surface area contributed by atoms with E-state index in [2.05, 4.69) is 0 Å². The van der Waals surface area contributed by atoms with Crippen molar-refractivity contribution in [3.8, 4) is 0 Å². The van der Waals surface area contributed by atoms with Crippen LogP contribution in [0.3, 0.4) is 0 Å². The van der Waals surface area contributed by atoms with E-state index in [0.717, 1.165) is 43.6 Å². The number of ether oxygens (including phenoxy) is 2. The minimum atomic E-state index is -0.524. The second kappa shape index (κ2) is 4.64. The second-order valence-electron chi connectivity index (χ2n) is 6.15. The van der Waals surface area contributed by atoms with Crippen LogP contribution in [0.1, 0.15) is 38.5 Å². The molecule has 2 atom stereocenters. The first-order valence-electron chi connectivity index (χ1n) is 7.09. The Morgan fingerprint density at radius 3 is 2.68 bits per heavy atom. The minimum Gasteiger partial charge on any atom is -0.469 e. The van der Waals surface area contributed by atoms with Crippen molar-refractivity contribution in [2.24, 2.45) is 5.41 Å². The van der Waals surface area contributed by atoms with E-state index in [4.69, 9.17) is 9.47 Å². The molecule has 0 aromatic rings. The van der Waals surface area contributed by atoms with Crippen LogP contribution in [-0.2, 0) is 14.3 Å². The Hall–Kier alpha value is -0.260. The van der Waals surface area contributed by atoms with Crippen LogP contribution in [0.15, 0.2) is 0 Å². The van der Waals surface area contributed by atoms with Crippen molar-refractivity contribution >= 4 is 17.7 Å². The molecule has 0 aromatic heterocycles. The van der Waals surface area contributed by atoms with Gasteiger partial charge in [0.05, 0.1) is 30.3 Å². The number of thioether (sulfide) groups is 1. The standard InChI is InChI=1S/C14H22O4S/c1-17-11(16)13-4-2-3-12(9-13,10-15)18-14(13)5-7-19-8-6-14/h15H,2-10H2,1H3/t12-,13+/m0/s1. The highest BCUT2D eigenvalue weighted by Gasteiger charge is 2.69. The summed E-state index contributed by atoms with van der Waals surface area (Å²) in [6.45, 7) is 0.0145. The molecular formula is C14H22O4S. The van der Waals surface area contributed by atoms with Gasteiger partial charge in [-0.15, -0.1) is 0 Å². The Labute approximate surface area is 118 Å². The van der Waals surface area contributed by atoms with Gasteiger partial charge in [-0.2, -0.15) is 11.8 Å². The molecule has 3 fully saturated rings. The van der Waals surface area contributed by atoms with Gasteiger partial charge in [0, 0.05) is 0 Å². The third-order valence-corrected chi connectivity index (χ3v) is 6.29. The first-order chi connectivity index (χ1) is 9.12. The van der Waals surface area contributed by atoms with E-state index < -0.39 is 16.6 Å². The number of hydrogen-bond donors (Lipinski definition) is 1. The Balaban J connectivity index is 2.03. The molecule has 0 radical (unpaired) electrons. The van der Waals surface area contributed by atoms with E-state index in [0.29, 0.717) is 6.42 Å². The molecule has 1 spiro atoms. The van der Waals surface area contributed by atoms with Crippen molar-refractivity contribution in [2.45, 2.75) is 49.7 Å². The second-order valence-corrected chi connectivity index (χ2v) is 7.38. The average Bonchev–Trinajstić information content (AvgIpc) is 2.65. The molecule has 19 heavy (non-hydrogen) atoms. The van der Waals surface area contributed by atoms with Crippen molar-refractivity contribution in [3.63, 3.8) is 0 Å². The zero-order chi connectivity index (χ0) is 13.6. The summed E-state index contributed by atoms with van der Waals surface area (Å²) in [5, 5.41) is 9.77. The maximum Gasteiger partial charge on any atom is 0.314 e. The average molecular weight is 286 g/mol. The summed E-state index contributed by atoms with van der Waals surface area (Å²) in [5.74, 6) is 1.93. The highest BCUT2D eigenvalue weighted by atomic mass is 32.2. The number of fused-ring (bicyclic) bond motifs is 3. The highest BCUT2D eigenvalue weighted by Crippen LogP contribution is 2.63. The van der Waals surface area contributed by atoms with E-state index in [1.165, 1.54) is 7.11 Å². The Kier molecular flexibility index (Phi) is 3.35. The molecule has 0 aromatic carbocycles. The smallest absolute Gasteiger partial charge is 0.314 e. The third kappa shape index (κ3) is 1.78. The van der Waals surface area contributed by atoms with Crippen molar-refractivity contribution in [3.05, 3.63) is 0 Å². The van der Waals surface area contributed by atoms with Crippen LogP contribution < -0.4 is 0 Å². The van der Waals surface area contributed by atoms with E-state index in [1.807, 2.05) is 11.8 Å². The fourth-order valence-corrected chi connectivity index (χ4v) is 5.58. The zero-order valence-corrected chi connectivity index (χ0v) is 12.3. The molecule has 108 valence electrons. The minimum absolute atomic E-state index is 0.0145. The summed E-state index contributed by atoms with van der Waals surface area (Å²) in [6, 6.07) is 0. The van der Waals surface area contributed by atoms with Gasteiger partial charge in [0.2, 0.25) is 0 Å². The van der Waals surface area contributed by atoms with Gasteiger partial charge in [-0.25, -0.2) is 0 Å². The molecule has 2 heterocycles. The van der Waals surface area contributed by atoms with E-state index >= 15 is 0 Å². The van der Waals surface area contributed by atoms with Crippen LogP contribution in [0.2, 0.25) is 0 Å². The van der Waals surface area contributed by atoms with Gasteiger partial charge in [-0.3, -0.25) is 4.79 Å². The van der Waals surface area contributed by atoms with Crippen molar-refractivity contribution in [1.29, 1.82) is 0 Å². The van der Waals surface area contributed by atoms with Gasteiger partial charge in [-0.1, -0.05) is 0 Å². The van der Waals surface area contributed by atoms with Gasteiger partial charge in [0.1, 0.15) is 0 Å². The Bertz CT molecular complexity index is 380. The van der Waals surface area contributed by atoms with Gasteiger partial charge < -0.3 is 14.6 Å². The lowest BCUT2D eigenvalue weighted by molar-refractivity contribution is -0.172. The summed E-state index contributed by atoms with van der Waals surface area (Å²) in [6.07, 6.45) is 5.06. The molecule has 1 aliphatic carbocycles. The largest absolute Gasteiger partial charge is 0.469 e. The number of aliphatic hydroxyl groups excluding tert-OH is 1. The van der Waals surface area contributed by atoms with Crippen molar-refractivity contribution < 1.29 is 19.4 Å². The third-order valence-electron chi connectivity index (χ3n) is 5.31. The molecule has 0 unspecified atom stereocenters. The summed E-state index contributed by atoms with van der Waals surface area (Å²) >= 11 is 1.92. The predicted molar refractivity (Wildman–Crippen MR) is 73.1 cm³/mol. The van der Waals surface area contributed by atoms with Crippen LogP contribution in [0.25, 0.3) is 0 Å². The quantitative estimate of drug-likeness (QED) is 0.784. The van der Waals surface area contributed by atoms with Gasteiger partial charge >= 0.3 is 5.97 Å². The number of hydrogen-bond acceptors (Lipinski definition) is 5. The summed E-state index contributed by atoms with van der Waals surface area (Å²) in [4.78, 5) is 12.5. The first kappa shape index (κ1) is 13.7. The maximum atomic E-state index is 12.5. The molecule has 1 N–H and O–H groups in total. The van der Waals surface area contributed by atoms with Crippen molar-refractivity contribution in [1.82, 2.24) is 0 Å². The fourth-order valence-electron chi connectivity index (χ4n) is 4.43. The lowest BCUT2D eigenvalue weighted by Gasteiger charge is -2.44. The zero-order valence-electron chi connectivity index (χ0n) is 11.4. The number of carbonyl (C=O) groups is 1. The number of rotatable bonds is 2. The van der Waals surface area contributed by atoms with Crippen LogP contribution in [0, 0.1) is 5.41 Å². The van der Waals surface area contributed by atoms with Crippen LogP contribution in [0.4, 0.5) is 0 Å². The summed E-state index contributed by atoms with van der Waals surface area (Å²) in [5.41, 5.74) is -1.43. The monoisotopic (exact) mass is 286 g/mol. The van der Waals surface area contributed by atoms with E-state index in [9.17, 15) is 9.90 Å². The molecule has 2 bridgehead atoms. The first-order valence-corrected chi connectivity index (χ1v) is 8.25. The lowest BCUT2D eigenvalue weighted by Crippen LogP contribution is -2.52. The number of esters is 1. The number of aliphatic hydroxyl groups is 1. The predicted octanol–water partition coefficient (Wildman–Crippen LogP) is 1.75. The molecule has 3 aliphatic rings. The van der Waals surface area contributed by atoms with E-state index in [-0.39, 0.29) is 12.6 Å². The molecule has 5 heteroatoms. The topological polar surface area (TPSA) is 55.8 Å². The van der Waals surface area contributed by atoms with Gasteiger partial charge in [-0.05, 0) is 50.0 Å². The maximum absolute atomic E-state index is 12.5. The number of carbonyl (C=O) groups excluding carboxylic acids is 1.